The van der Waals surface area contributed by atoms with Crippen LogP contribution in [0.5, 0.6) is 0 Å². The van der Waals surface area contributed by atoms with Crippen molar-refractivity contribution in [1.82, 2.24) is 14.9 Å². The molecule has 1 fully saturated rings. The van der Waals surface area contributed by atoms with Crippen molar-refractivity contribution >= 4 is 17.4 Å². The summed E-state index contributed by atoms with van der Waals surface area (Å²) < 4.78 is 0. The Morgan fingerprint density at radius 2 is 2.00 bits per heavy atom. The van der Waals surface area contributed by atoms with E-state index in [1.54, 1.807) is 0 Å². The van der Waals surface area contributed by atoms with Crippen molar-refractivity contribution in [2.24, 2.45) is 0 Å². The van der Waals surface area contributed by atoms with Gasteiger partial charge in [0.15, 0.2) is 0 Å². The second-order valence-electron chi connectivity index (χ2n) is 5.41. The standard InChI is InChI=1S/C14H23ClN4/c1-11(2)12-13(15)17-10-18-14(12)16-6-9-19-7-4-3-5-8-19/h10-11H,3-9H2,1-2H3,(H,16,17,18). The number of halogens is 1. The Hall–Kier alpha value is -0.870. The summed E-state index contributed by atoms with van der Waals surface area (Å²) in [6.07, 6.45) is 5.56. The van der Waals surface area contributed by atoms with E-state index in [1.165, 1.54) is 38.7 Å². The lowest BCUT2D eigenvalue weighted by atomic mass is 10.1. The van der Waals surface area contributed by atoms with Crippen LogP contribution in [0.25, 0.3) is 0 Å². The molecule has 2 heterocycles. The summed E-state index contributed by atoms with van der Waals surface area (Å²) in [7, 11) is 0. The molecule has 0 spiro atoms. The average Bonchev–Trinajstić information content (AvgIpc) is 2.39. The Bertz CT molecular complexity index is 402. The molecule has 0 saturated carbocycles. The number of piperidine rings is 1. The van der Waals surface area contributed by atoms with E-state index in [4.69, 9.17) is 11.6 Å². The van der Waals surface area contributed by atoms with Crippen LogP contribution in [0, 0.1) is 0 Å². The highest BCUT2D eigenvalue weighted by Crippen LogP contribution is 2.27. The van der Waals surface area contributed by atoms with Crippen molar-refractivity contribution in [2.45, 2.75) is 39.0 Å². The topological polar surface area (TPSA) is 41.1 Å². The van der Waals surface area contributed by atoms with Gasteiger partial charge in [0.05, 0.1) is 0 Å². The summed E-state index contributed by atoms with van der Waals surface area (Å²) in [5.41, 5.74) is 1.02. The first kappa shape index (κ1) is 14.5. The third kappa shape index (κ3) is 4.05. The minimum Gasteiger partial charge on any atom is -0.368 e. The molecule has 1 saturated heterocycles. The maximum Gasteiger partial charge on any atom is 0.138 e. The van der Waals surface area contributed by atoms with Crippen LogP contribution in [0.2, 0.25) is 5.15 Å². The third-order valence-electron chi connectivity index (χ3n) is 3.58. The zero-order valence-electron chi connectivity index (χ0n) is 11.8. The molecule has 0 aliphatic carbocycles. The molecule has 1 aromatic heterocycles. The monoisotopic (exact) mass is 282 g/mol. The molecule has 0 atom stereocenters. The van der Waals surface area contributed by atoms with Crippen molar-refractivity contribution in [2.75, 3.05) is 31.5 Å². The van der Waals surface area contributed by atoms with E-state index in [0.717, 1.165) is 24.5 Å². The maximum atomic E-state index is 6.15. The molecule has 1 aromatic rings. The number of likely N-dealkylation sites (tertiary alicyclic amines) is 1. The van der Waals surface area contributed by atoms with E-state index in [1.807, 2.05) is 0 Å². The molecular formula is C14H23ClN4. The Balaban J connectivity index is 1.90. The zero-order chi connectivity index (χ0) is 13.7. The van der Waals surface area contributed by atoms with E-state index >= 15 is 0 Å². The van der Waals surface area contributed by atoms with Crippen molar-refractivity contribution in [3.05, 3.63) is 17.0 Å². The van der Waals surface area contributed by atoms with Gasteiger partial charge < -0.3 is 10.2 Å². The fraction of sp³-hybridized carbons (Fsp3) is 0.714. The number of hydrogen-bond acceptors (Lipinski definition) is 4. The Kier molecular flexibility index (Phi) is 5.40. The van der Waals surface area contributed by atoms with Gasteiger partial charge in [-0.05, 0) is 31.8 Å². The van der Waals surface area contributed by atoms with E-state index in [0.29, 0.717) is 11.1 Å². The fourth-order valence-corrected chi connectivity index (χ4v) is 2.89. The zero-order valence-corrected chi connectivity index (χ0v) is 12.6. The van der Waals surface area contributed by atoms with Gasteiger partial charge in [-0.1, -0.05) is 31.9 Å². The first-order chi connectivity index (χ1) is 9.18. The molecule has 0 unspecified atom stereocenters. The van der Waals surface area contributed by atoms with Gasteiger partial charge in [0.1, 0.15) is 17.3 Å². The Morgan fingerprint density at radius 3 is 2.68 bits per heavy atom. The van der Waals surface area contributed by atoms with E-state index in [2.05, 4.69) is 34.0 Å². The molecule has 5 heteroatoms. The lowest BCUT2D eigenvalue weighted by molar-refractivity contribution is 0.237. The molecule has 2 rings (SSSR count). The minimum atomic E-state index is 0.325. The fourth-order valence-electron chi connectivity index (χ4n) is 2.54. The average molecular weight is 283 g/mol. The van der Waals surface area contributed by atoms with Gasteiger partial charge in [-0.2, -0.15) is 0 Å². The predicted octanol–water partition coefficient (Wildman–Crippen LogP) is 3.15. The van der Waals surface area contributed by atoms with Crippen LogP contribution in [-0.2, 0) is 0 Å². The van der Waals surface area contributed by atoms with Crippen LogP contribution in [-0.4, -0.2) is 41.0 Å². The summed E-state index contributed by atoms with van der Waals surface area (Å²) in [4.78, 5) is 10.9. The lowest BCUT2D eigenvalue weighted by Crippen LogP contribution is -2.33. The maximum absolute atomic E-state index is 6.15. The third-order valence-corrected chi connectivity index (χ3v) is 3.88. The van der Waals surface area contributed by atoms with Crippen molar-refractivity contribution in [1.29, 1.82) is 0 Å². The van der Waals surface area contributed by atoms with Crippen molar-refractivity contribution < 1.29 is 0 Å². The molecule has 0 bridgehead atoms. The van der Waals surface area contributed by atoms with Crippen molar-refractivity contribution in [3.8, 4) is 0 Å². The van der Waals surface area contributed by atoms with Crippen LogP contribution in [0.4, 0.5) is 5.82 Å². The highest BCUT2D eigenvalue weighted by atomic mass is 35.5. The first-order valence-electron chi connectivity index (χ1n) is 7.15. The van der Waals surface area contributed by atoms with Crippen LogP contribution >= 0.6 is 11.6 Å². The Labute approximate surface area is 120 Å². The number of anilines is 1. The van der Waals surface area contributed by atoms with Crippen LogP contribution < -0.4 is 5.32 Å². The summed E-state index contributed by atoms with van der Waals surface area (Å²) in [6, 6.07) is 0. The molecule has 0 radical (unpaired) electrons. The van der Waals surface area contributed by atoms with Gasteiger partial charge in [0.25, 0.3) is 0 Å². The van der Waals surface area contributed by atoms with Gasteiger partial charge >= 0.3 is 0 Å². The van der Waals surface area contributed by atoms with Crippen LogP contribution in [0.1, 0.15) is 44.6 Å². The van der Waals surface area contributed by atoms with E-state index in [-0.39, 0.29) is 0 Å². The number of nitrogens with one attached hydrogen (secondary N) is 1. The highest BCUT2D eigenvalue weighted by Gasteiger charge is 2.14. The molecule has 4 nitrogen and oxygen atoms in total. The molecular weight excluding hydrogens is 260 g/mol. The molecule has 106 valence electrons. The SMILES string of the molecule is CC(C)c1c(Cl)ncnc1NCCN1CCCCC1. The second kappa shape index (κ2) is 7.06. The van der Waals surface area contributed by atoms with Crippen LogP contribution in [0.15, 0.2) is 6.33 Å². The minimum absolute atomic E-state index is 0.325. The summed E-state index contributed by atoms with van der Waals surface area (Å²) in [5.74, 6) is 1.21. The van der Waals surface area contributed by atoms with E-state index in [9.17, 15) is 0 Å². The summed E-state index contributed by atoms with van der Waals surface area (Å²) in [5, 5.41) is 3.97. The molecule has 1 N–H and O–H groups in total. The predicted molar refractivity (Wildman–Crippen MR) is 79.9 cm³/mol. The normalized spacial score (nSPS) is 16.8. The molecule has 0 amide bonds. The van der Waals surface area contributed by atoms with Crippen LogP contribution in [0.3, 0.4) is 0 Å². The number of nitrogens with zero attached hydrogens (tertiary/aromatic N) is 3. The van der Waals surface area contributed by atoms with Gasteiger partial charge in [-0.25, -0.2) is 9.97 Å². The Morgan fingerprint density at radius 1 is 1.26 bits per heavy atom. The summed E-state index contributed by atoms with van der Waals surface area (Å²) in [6.45, 7) is 8.65. The van der Waals surface area contributed by atoms with E-state index < -0.39 is 0 Å². The smallest absolute Gasteiger partial charge is 0.138 e. The quantitative estimate of drug-likeness (QED) is 0.843. The largest absolute Gasteiger partial charge is 0.368 e. The number of hydrogen-bond donors (Lipinski definition) is 1. The molecule has 19 heavy (non-hydrogen) atoms. The van der Waals surface area contributed by atoms with Gasteiger partial charge in [-0.15, -0.1) is 0 Å². The lowest BCUT2D eigenvalue weighted by Gasteiger charge is -2.26. The summed E-state index contributed by atoms with van der Waals surface area (Å²) >= 11 is 6.15. The van der Waals surface area contributed by atoms with Crippen molar-refractivity contribution in [3.63, 3.8) is 0 Å². The molecule has 1 aliphatic rings. The first-order valence-corrected chi connectivity index (χ1v) is 7.53. The van der Waals surface area contributed by atoms with Gasteiger partial charge in [0.2, 0.25) is 0 Å². The van der Waals surface area contributed by atoms with Gasteiger partial charge in [-0.3, -0.25) is 0 Å². The molecule has 0 aromatic carbocycles. The molecule has 1 aliphatic heterocycles. The second-order valence-corrected chi connectivity index (χ2v) is 5.77. The number of aromatic nitrogens is 2. The number of rotatable bonds is 5. The van der Waals surface area contributed by atoms with Gasteiger partial charge in [0, 0.05) is 18.7 Å². The highest BCUT2D eigenvalue weighted by molar-refractivity contribution is 6.30.